The third-order valence-corrected chi connectivity index (χ3v) is 7.46. The Hall–Kier alpha value is -1.40. The van der Waals surface area contributed by atoms with Gasteiger partial charge in [-0.25, -0.2) is 9.69 Å². The standard InChI is InChI=1S/C19H27N3O2S/c1-3-15-14-7-11-25-16(14)6-10-21(15)12-22-17(23)19(20-18(22)24)8-4-13(2)5-9-19/h7,11,13,15H,3-6,8-10,12H2,1-2H3,(H,20,24)/p+1/t13?,15-,19?/m0/s1. The number of urea groups is 1. The van der Waals surface area contributed by atoms with Gasteiger partial charge >= 0.3 is 6.03 Å². The molecule has 2 atom stereocenters. The van der Waals surface area contributed by atoms with Gasteiger partial charge in [0.25, 0.3) is 5.91 Å². The van der Waals surface area contributed by atoms with Crippen molar-refractivity contribution in [2.24, 2.45) is 5.92 Å². The van der Waals surface area contributed by atoms with Crippen LogP contribution in [0.25, 0.3) is 0 Å². The van der Waals surface area contributed by atoms with Gasteiger partial charge in [-0.2, -0.15) is 0 Å². The van der Waals surface area contributed by atoms with Crippen molar-refractivity contribution in [1.29, 1.82) is 0 Å². The second kappa shape index (κ2) is 6.40. The summed E-state index contributed by atoms with van der Waals surface area (Å²) in [6.07, 6.45) is 5.70. The lowest BCUT2D eigenvalue weighted by Gasteiger charge is -2.35. The number of carbonyl (C=O) groups excluding carboxylic acids is 2. The third kappa shape index (κ3) is 2.79. The highest BCUT2D eigenvalue weighted by atomic mass is 32.1. The number of carbonyl (C=O) groups is 2. The van der Waals surface area contributed by atoms with Crippen LogP contribution in [0.15, 0.2) is 11.4 Å². The minimum Gasteiger partial charge on any atom is -0.323 e. The van der Waals surface area contributed by atoms with Gasteiger partial charge in [-0.05, 0) is 43.0 Å². The van der Waals surface area contributed by atoms with Gasteiger partial charge in [0.05, 0.1) is 6.54 Å². The van der Waals surface area contributed by atoms with Crippen molar-refractivity contribution in [2.75, 3.05) is 13.2 Å². The predicted octanol–water partition coefficient (Wildman–Crippen LogP) is 2.10. The molecular weight excluding hydrogens is 334 g/mol. The number of fused-ring (bicyclic) bond motifs is 1. The molecular formula is C19H28N3O2S+. The van der Waals surface area contributed by atoms with Gasteiger partial charge in [-0.15, -0.1) is 11.3 Å². The van der Waals surface area contributed by atoms with E-state index in [1.807, 2.05) is 11.3 Å². The first-order chi connectivity index (χ1) is 12.0. The zero-order valence-corrected chi connectivity index (χ0v) is 16.0. The van der Waals surface area contributed by atoms with E-state index in [1.54, 1.807) is 0 Å². The van der Waals surface area contributed by atoms with Crippen molar-refractivity contribution in [3.05, 3.63) is 21.9 Å². The number of amides is 3. The molecule has 1 aromatic rings. The smallest absolute Gasteiger partial charge is 0.323 e. The fourth-order valence-corrected chi connectivity index (χ4v) is 5.79. The fourth-order valence-electron chi connectivity index (χ4n) is 4.85. The summed E-state index contributed by atoms with van der Waals surface area (Å²) in [7, 11) is 0. The van der Waals surface area contributed by atoms with Gasteiger partial charge in [-0.1, -0.05) is 13.8 Å². The van der Waals surface area contributed by atoms with E-state index in [0.29, 0.717) is 18.6 Å². The SMILES string of the molecule is CC[C@H]1c2ccsc2CC[NH+]1CN1C(=O)NC2(CCC(C)CC2)C1=O. The van der Waals surface area contributed by atoms with Gasteiger partial charge < -0.3 is 10.2 Å². The van der Waals surface area contributed by atoms with E-state index in [4.69, 9.17) is 0 Å². The van der Waals surface area contributed by atoms with Gasteiger partial charge in [0, 0.05) is 23.3 Å². The van der Waals surface area contributed by atoms with Crippen LogP contribution >= 0.6 is 11.3 Å². The molecule has 1 aliphatic carbocycles. The molecule has 25 heavy (non-hydrogen) atoms. The van der Waals surface area contributed by atoms with Crippen molar-refractivity contribution < 1.29 is 14.5 Å². The van der Waals surface area contributed by atoms with Crippen LogP contribution in [0.5, 0.6) is 0 Å². The van der Waals surface area contributed by atoms with Crippen molar-refractivity contribution in [1.82, 2.24) is 10.2 Å². The van der Waals surface area contributed by atoms with Crippen molar-refractivity contribution in [3.63, 3.8) is 0 Å². The molecule has 4 rings (SSSR count). The first-order valence-corrected chi connectivity index (χ1v) is 10.5. The van der Waals surface area contributed by atoms with Crippen LogP contribution in [-0.4, -0.2) is 35.6 Å². The van der Waals surface area contributed by atoms with Gasteiger partial charge in [0.15, 0.2) is 6.67 Å². The lowest BCUT2D eigenvalue weighted by Crippen LogP contribution is -3.14. The molecule has 2 N–H and O–H groups in total. The molecule has 0 bridgehead atoms. The second-order valence-corrected chi connectivity index (χ2v) is 9.00. The van der Waals surface area contributed by atoms with Gasteiger partial charge in [-0.3, -0.25) is 4.79 Å². The third-order valence-electron chi connectivity index (χ3n) is 6.46. The Balaban J connectivity index is 1.51. The number of nitrogens with zero attached hydrogens (tertiary/aromatic N) is 1. The summed E-state index contributed by atoms with van der Waals surface area (Å²) in [6, 6.07) is 2.43. The molecule has 6 heteroatoms. The van der Waals surface area contributed by atoms with Crippen LogP contribution < -0.4 is 10.2 Å². The quantitative estimate of drug-likeness (QED) is 0.809. The van der Waals surface area contributed by atoms with Crippen LogP contribution in [0.3, 0.4) is 0 Å². The Morgan fingerprint density at radius 2 is 2.12 bits per heavy atom. The van der Waals surface area contributed by atoms with Gasteiger partial charge in [0.1, 0.15) is 11.6 Å². The average molecular weight is 363 g/mol. The van der Waals surface area contributed by atoms with Crippen LogP contribution in [0, 0.1) is 5.92 Å². The zero-order valence-electron chi connectivity index (χ0n) is 15.1. The summed E-state index contributed by atoms with van der Waals surface area (Å²) in [6.45, 7) is 5.92. The summed E-state index contributed by atoms with van der Waals surface area (Å²) in [4.78, 5) is 30.0. The number of imide groups is 1. The Kier molecular flexibility index (Phi) is 4.36. The fraction of sp³-hybridized carbons (Fsp3) is 0.684. The number of nitrogens with one attached hydrogen (secondary N) is 2. The maximum absolute atomic E-state index is 13.1. The molecule has 5 nitrogen and oxygen atoms in total. The highest BCUT2D eigenvalue weighted by Gasteiger charge is 2.53. The molecule has 3 aliphatic rings. The second-order valence-electron chi connectivity index (χ2n) is 8.00. The van der Waals surface area contributed by atoms with Crippen molar-refractivity contribution >= 4 is 23.3 Å². The molecule has 3 heterocycles. The van der Waals surface area contributed by atoms with E-state index in [2.05, 4.69) is 30.6 Å². The average Bonchev–Trinajstić information content (AvgIpc) is 3.16. The Bertz CT molecular complexity index is 678. The summed E-state index contributed by atoms with van der Waals surface area (Å²) in [5, 5.41) is 5.22. The van der Waals surface area contributed by atoms with Gasteiger partial charge in [0.2, 0.25) is 0 Å². The molecule has 136 valence electrons. The molecule has 3 amide bonds. The maximum Gasteiger partial charge on any atom is 0.329 e. The monoisotopic (exact) mass is 362 g/mol. The summed E-state index contributed by atoms with van der Waals surface area (Å²) < 4.78 is 0. The summed E-state index contributed by atoms with van der Waals surface area (Å²) in [5.41, 5.74) is 0.802. The van der Waals surface area contributed by atoms with Crippen molar-refractivity contribution in [3.8, 4) is 0 Å². The zero-order chi connectivity index (χ0) is 17.6. The summed E-state index contributed by atoms with van der Waals surface area (Å²) in [5.74, 6) is 0.668. The van der Waals surface area contributed by atoms with Crippen molar-refractivity contribution in [2.45, 2.75) is 64.0 Å². The number of quaternary nitrogens is 1. The first-order valence-electron chi connectivity index (χ1n) is 9.59. The van der Waals surface area contributed by atoms with Crippen LogP contribution in [0.2, 0.25) is 0 Å². The Labute approximate surface area is 153 Å². The van der Waals surface area contributed by atoms with E-state index >= 15 is 0 Å². The predicted molar refractivity (Wildman–Crippen MR) is 97.5 cm³/mol. The first kappa shape index (κ1) is 17.0. The van der Waals surface area contributed by atoms with E-state index in [-0.39, 0.29) is 11.9 Å². The minimum atomic E-state index is -0.617. The highest BCUT2D eigenvalue weighted by molar-refractivity contribution is 7.10. The van der Waals surface area contributed by atoms with E-state index in [0.717, 1.165) is 45.1 Å². The molecule has 2 fully saturated rings. The van der Waals surface area contributed by atoms with Crippen LogP contribution in [0.1, 0.15) is 62.4 Å². The molecule has 0 radical (unpaired) electrons. The lowest BCUT2D eigenvalue weighted by atomic mass is 9.77. The minimum absolute atomic E-state index is 0.0165. The molecule has 1 unspecified atom stereocenters. The molecule has 1 spiro atoms. The number of hydrogen-bond acceptors (Lipinski definition) is 3. The van der Waals surface area contributed by atoms with Crippen LogP contribution in [-0.2, 0) is 11.2 Å². The number of hydrogen-bond donors (Lipinski definition) is 2. The highest BCUT2D eigenvalue weighted by Crippen LogP contribution is 2.36. The number of thiophene rings is 1. The molecule has 2 aliphatic heterocycles. The largest absolute Gasteiger partial charge is 0.329 e. The van der Waals surface area contributed by atoms with E-state index in [9.17, 15) is 9.59 Å². The lowest BCUT2D eigenvalue weighted by molar-refractivity contribution is -0.940. The molecule has 1 saturated heterocycles. The maximum atomic E-state index is 13.1. The molecule has 0 aromatic carbocycles. The summed E-state index contributed by atoms with van der Waals surface area (Å²) >= 11 is 1.83. The Morgan fingerprint density at radius 3 is 2.84 bits per heavy atom. The topological polar surface area (TPSA) is 53.9 Å². The van der Waals surface area contributed by atoms with E-state index < -0.39 is 5.54 Å². The van der Waals surface area contributed by atoms with Crippen LogP contribution in [0.4, 0.5) is 4.79 Å². The molecule has 1 aromatic heterocycles. The normalized spacial score (nSPS) is 35.1. The van der Waals surface area contributed by atoms with E-state index in [1.165, 1.54) is 20.2 Å². The Morgan fingerprint density at radius 1 is 1.36 bits per heavy atom. The number of rotatable bonds is 3. The molecule has 1 saturated carbocycles.